The number of Topliss-reactive ketones (excluding diaryl/α,β-unsaturated/α-hetero) is 1. The van der Waals surface area contributed by atoms with Gasteiger partial charge in [0.05, 0.1) is 24.3 Å². The maximum Gasteiger partial charge on any atom is 0.338 e. The smallest absolute Gasteiger partial charge is 0.338 e. The Hall–Kier alpha value is -3.96. The van der Waals surface area contributed by atoms with Crippen molar-refractivity contribution in [2.75, 3.05) is 26.3 Å². The number of halogens is 4. The van der Waals surface area contributed by atoms with Crippen LogP contribution >= 0.6 is 0 Å². The van der Waals surface area contributed by atoms with Gasteiger partial charge in [0, 0.05) is 36.4 Å². The molecule has 2 aliphatic heterocycles. The third-order valence-corrected chi connectivity index (χ3v) is 8.43. The van der Waals surface area contributed by atoms with Crippen LogP contribution in [0.4, 0.5) is 17.6 Å². The van der Waals surface area contributed by atoms with Gasteiger partial charge in [-0.1, -0.05) is 34.6 Å². The number of rotatable bonds is 10. The van der Waals surface area contributed by atoms with Gasteiger partial charge in [-0.2, -0.15) is 0 Å². The van der Waals surface area contributed by atoms with Gasteiger partial charge in [-0.15, -0.1) is 0 Å². The molecule has 12 nitrogen and oxygen atoms in total. The first-order valence-corrected chi connectivity index (χ1v) is 17.8. The Kier molecular flexibility index (Phi) is 16.5. The van der Waals surface area contributed by atoms with Crippen LogP contribution < -0.4 is 16.4 Å². The zero-order chi connectivity index (χ0) is 42.1. The zero-order valence-corrected chi connectivity index (χ0v) is 33.1. The molecule has 0 radical (unpaired) electrons. The van der Waals surface area contributed by atoms with Gasteiger partial charge in [0.1, 0.15) is 35.5 Å². The van der Waals surface area contributed by atoms with Gasteiger partial charge in [-0.25, -0.2) is 22.4 Å². The topological polar surface area (TPSA) is 176 Å². The number of nitrogens with two attached hydrogens (primary N) is 1. The fourth-order valence-electron chi connectivity index (χ4n) is 5.24. The summed E-state index contributed by atoms with van der Waals surface area (Å²) in [5, 5.41) is 13.9. The van der Waals surface area contributed by atoms with Crippen LogP contribution in [0.3, 0.4) is 0 Å². The summed E-state index contributed by atoms with van der Waals surface area (Å²) in [6, 6.07) is 5.01. The summed E-state index contributed by atoms with van der Waals surface area (Å²) < 4.78 is 74.3. The summed E-state index contributed by atoms with van der Waals surface area (Å²) >= 11 is 0. The lowest BCUT2D eigenvalue weighted by molar-refractivity contribution is -0.304. The Balaban J connectivity index is 0.000000317. The van der Waals surface area contributed by atoms with E-state index in [-0.39, 0.29) is 47.7 Å². The first-order chi connectivity index (χ1) is 25.2. The second-order valence-electron chi connectivity index (χ2n) is 16.1. The number of ether oxygens (including phenoxy) is 4. The molecular formula is C39H55F4N3O9. The minimum absolute atomic E-state index is 0.00975. The van der Waals surface area contributed by atoms with E-state index in [0.29, 0.717) is 25.8 Å². The minimum Gasteiger partial charge on any atom is -0.478 e. The van der Waals surface area contributed by atoms with Crippen molar-refractivity contribution in [2.45, 2.75) is 105 Å². The summed E-state index contributed by atoms with van der Waals surface area (Å²) in [5.41, 5.74) is 3.86. The number of ketones is 1. The maximum atomic E-state index is 13.7. The van der Waals surface area contributed by atoms with E-state index >= 15 is 0 Å². The summed E-state index contributed by atoms with van der Waals surface area (Å²) in [6.45, 7) is 20.0. The highest BCUT2D eigenvalue weighted by Gasteiger charge is 2.46. The predicted molar refractivity (Wildman–Crippen MR) is 195 cm³/mol. The number of carbonyl (C=O) groups excluding carboxylic acids is 3. The molecule has 2 aromatic carbocycles. The first-order valence-electron chi connectivity index (χ1n) is 17.8. The van der Waals surface area contributed by atoms with Crippen molar-refractivity contribution in [1.29, 1.82) is 0 Å². The normalized spacial score (nSPS) is 21.6. The van der Waals surface area contributed by atoms with Gasteiger partial charge in [0.25, 0.3) is 0 Å². The molecule has 0 aliphatic carbocycles. The number of carbonyl (C=O) groups is 4. The molecule has 0 unspecified atom stereocenters. The lowest BCUT2D eigenvalue weighted by Gasteiger charge is -2.44. The van der Waals surface area contributed by atoms with E-state index in [1.807, 2.05) is 48.5 Å². The molecule has 0 saturated carbocycles. The summed E-state index contributed by atoms with van der Waals surface area (Å²) in [5.74, 6) is -7.31. The van der Waals surface area contributed by atoms with E-state index in [1.54, 1.807) is 20.8 Å². The predicted octanol–water partition coefficient (Wildman–Crippen LogP) is 5.76. The van der Waals surface area contributed by atoms with E-state index in [2.05, 4.69) is 10.6 Å². The first kappa shape index (κ1) is 47.2. The second-order valence-corrected chi connectivity index (χ2v) is 16.1. The van der Waals surface area contributed by atoms with Crippen molar-refractivity contribution in [3.8, 4) is 0 Å². The van der Waals surface area contributed by atoms with Gasteiger partial charge in [-0.3, -0.25) is 14.4 Å². The molecule has 2 fully saturated rings. The van der Waals surface area contributed by atoms with Crippen molar-refractivity contribution in [2.24, 2.45) is 22.5 Å². The molecule has 2 aliphatic rings. The lowest BCUT2D eigenvalue weighted by Crippen LogP contribution is -2.57. The molecule has 2 aromatic rings. The average Bonchev–Trinajstić information content (AvgIpc) is 3.07. The van der Waals surface area contributed by atoms with Gasteiger partial charge < -0.3 is 40.4 Å². The van der Waals surface area contributed by atoms with Crippen molar-refractivity contribution >= 4 is 23.6 Å². The van der Waals surface area contributed by atoms with Gasteiger partial charge in [0.2, 0.25) is 11.8 Å². The van der Waals surface area contributed by atoms with Crippen LogP contribution in [0.25, 0.3) is 0 Å². The Morgan fingerprint density at radius 2 is 1.13 bits per heavy atom. The number of carboxylic acids is 1. The van der Waals surface area contributed by atoms with Crippen LogP contribution in [0.1, 0.15) is 96.4 Å². The van der Waals surface area contributed by atoms with Gasteiger partial charge in [0.15, 0.2) is 17.4 Å². The SMILES string of the molecule is C[C@@H](CNC(=O)[C@@H]1OC(C)(C)OCC1(C)C)CC(=O)c1cc(F)ccc1F.C[C@H](N)CNC(=O)[C@@H]1OC(C)(C)OCC1(C)C.O=C(O)c1cc(F)ccc1F. The van der Waals surface area contributed by atoms with Gasteiger partial charge in [-0.05, 0) is 76.9 Å². The molecule has 2 heterocycles. The maximum absolute atomic E-state index is 13.7. The Labute approximate surface area is 319 Å². The fraction of sp³-hybridized carbons (Fsp3) is 0.590. The standard InChI is InChI=1S/C20H27F2NO4.C12H24N2O3.C7H4F2O2/c1-12(8-16(24)14-9-13(21)6-7-15(14)22)10-23-18(25)17-19(2,3)11-26-20(4,5)27-17;1-8(13)6-14-10(15)9-11(2,3)7-16-12(4,5)17-9;8-4-1-2-6(9)5(3-4)7(10)11/h6-7,9,12,17H,8,10-11H2,1-5H3,(H,23,25);8-9H,6-7,13H2,1-5H3,(H,14,15);1-3H,(H,10,11)/t12-,17+;8-,9-;/m10./s1. The summed E-state index contributed by atoms with van der Waals surface area (Å²) in [7, 11) is 0. The largest absolute Gasteiger partial charge is 0.478 e. The number of benzene rings is 2. The number of hydrogen-bond donors (Lipinski definition) is 4. The van der Waals surface area contributed by atoms with Crippen LogP contribution in [-0.2, 0) is 28.5 Å². The highest BCUT2D eigenvalue weighted by Crippen LogP contribution is 2.36. The van der Waals surface area contributed by atoms with Gasteiger partial charge >= 0.3 is 5.97 Å². The summed E-state index contributed by atoms with van der Waals surface area (Å²) in [4.78, 5) is 47.0. The minimum atomic E-state index is -1.47. The fourth-order valence-corrected chi connectivity index (χ4v) is 5.24. The number of hydrogen-bond acceptors (Lipinski definition) is 9. The number of carboxylic acid groups (broad SMARTS) is 1. The van der Waals surface area contributed by atoms with Crippen molar-refractivity contribution in [3.63, 3.8) is 0 Å². The third kappa shape index (κ3) is 14.9. The molecule has 55 heavy (non-hydrogen) atoms. The van der Waals surface area contributed by atoms with Crippen LogP contribution in [0.5, 0.6) is 0 Å². The molecule has 0 spiro atoms. The average molecular weight is 786 g/mol. The molecule has 4 rings (SSSR count). The molecule has 0 bridgehead atoms. The molecule has 16 heteroatoms. The molecule has 2 amide bonds. The number of amides is 2. The number of nitrogens with one attached hydrogen (secondary N) is 2. The van der Waals surface area contributed by atoms with Crippen LogP contribution in [0, 0.1) is 40.0 Å². The number of aromatic carboxylic acids is 1. The van der Waals surface area contributed by atoms with E-state index in [9.17, 15) is 36.7 Å². The van der Waals surface area contributed by atoms with E-state index < -0.39 is 69.8 Å². The molecule has 5 N–H and O–H groups in total. The second kappa shape index (κ2) is 19.3. The Morgan fingerprint density at radius 1 is 0.727 bits per heavy atom. The quantitative estimate of drug-likeness (QED) is 0.171. The molecule has 0 aromatic heterocycles. The monoisotopic (exact) mass is 785 g/mol. The van der Waals surface area contributed by atoms with Crippen LogP contribution in [-0.4, -0.2) is 84.8 Å². The van der Waals surface area contributed by atoms with E-state index in [0.717, 1.165) is 30.3 Å². The van der Waals surface area contributed by atoms with Crippen LogP contribution in [0.2, 0.25) is 0 Å². The molecular weight excluding hydrogens is 730 g/mol. The highest BCUT2D eigenvalue weighted by atomic mass is 19.1. The van der Waals surface area contributed by atoms with Crippen LogP contribution in [0.15, 0.2) is 36.4 Å². The molecule has 4 atom stereocenters. The lowest BCUT2D eigenvalue weighted by atomic mass is 9.85. The van der Waals surface area contributed by atoms with E-state index in [1.165, 1.54) is 0 Å². The highest BCUT2D eigenvalue weighted by molar-refractivity contribution is 5.96. The zero-order valence-electron chi connectivity index (χ0n) is 33.1. The van der Waals surface area contributed by atoms with E-state index in [4.69, 9.17) is 29.8 Å². The third-order valence-electron chi connectivity index (χ3n) is 8.43. The molecule has 308 valence electrons. The Bertz CT molecular complexity index is 1670. The molecule has 2 saturated heterocycles. The van der Waals surface area contributed by atoms with Crippen molar-refractivity contribution in [1.82, 2.24) is 10.6 Å². The van der Waals surface area contributed by atoms with Crippen molar-refractivity contribution < 1.29 is 60.8 Å². The Morgan fingerprint density at radius 3 is 1.53 bits per heavy atom. The van der Waals surface area contributed by atoms with Crippen molar-refractivity contribution in [3.05, 3.63) is 70.8 Å². The summed E-state index contributed by atoms with van der Waals surface area (Å²) in [6.07, 6.45) is -1.21.